The molecule has 2 N–H and O–H groups in total. The molecule has 2 aromatic carbocycles. The van der Waals surface area contributed by atoms with E-state index in [0.717, 1.165) is 5.70 Å². The highest BCUT2D eigenvalue weighted by atomic mass is 16.3. The molecule has 25 heavy (non-hydrogen) atoms. The number of fused-ring (bicyclic) bond motifs is 2. The molecule has 0 saturated carbocycles. The summed E-state index contributed by atoms with van der Waals surface area (Å²) >= 11 is 0. The summed E-state index contributed by atoms with van der Waals surface area (Å²) < 4.78 is 0. The number of allylic oxidation sites excluding steroid dienone is 1. The Kier molecular flexibility index (Phi) is 3.44. The van der Waals surface area contributed by atoms with Crippen LogP contribution in [0.3, 0.4) is 0 Å². The van der Waals surface area contributed by atoms with Crippen molar-refractivity contribution < 1.29 is 14.7 Å². The van der Waals surface area contributed by atoms with Gasteiger partial charge >= 0.3 is 0 Å². The van der Waals surface area contributed by atoms with Crippen molar-refractivity contribution in [3.63, 3.8) is 0 Å². The van der Waals surface area contributed by atoms with E-state index < -0.39 is 5.60 Å². The van der Waals surface area contributed by atoms with Crippen molar-refractivity contribution in [2.24, 2.45) is 0 Å². The fourth-order valence-corrected chi connectivity index (χ4v) is 3.22. The molecule has 0 spiro atoms. The lowest BCUT2D eigenvalue weighted by atomic mass is 9.83. The molecule has 1 atom stereocenters. The maximum Gasteiger partial charge on any atom is 0.196 e. The number of rotatable bonds is 2. The summed E-state index contributed by atoms with van der Waals surface area (Å²) in [6, 6.07) is 12.1. The van der Waals surface area contributed by atoms with Gasteiger partial charge in [-0.2, -0.15) is 0 Å². The number of carbonyl (C=O) groups is 2. The van der Waals surface area contributed by atoms with Gasteiger partial charge in [-0.05, 0) is 25.5 Å². The van der Waals surface area contributed by atoms with E-state index in [1.54, 1.807) is 61.5 Å². The van der Waals surface area contributed by atoms with Gasteiger partial charge in [-0.3, -0.25) is 9.59 Å². The Balaban J connectivity index is 1.76. The second-order valence-corrected chi connectivity index (χ2v) is 6.61. The van der Waals surface area contributed by atoms with Gasteiger partial charge in [-0.15, -0.1) is 0 Å². The van der Waals surface area contributed by atoms with E-state index in [2.05, 4.69) is 5.32 Å². The van der Waals surface area contributed by atoms with E-state index >= 15 is 0 Å². The SMILES string of the molecule is CC1(O)C=CC(Nc2cccc3c2C(=O)c2ccccc2C3=O)=CC1. The molecule has 0 bridgehead atoms. The molecule has 0 saturated heterocycles. The summed E-state index contributed by atoms with van der Waals surface area (Å²) in [5, 5.41) is 13.2. The summed E-state index contributed by atoms with van der Waals surface area (Å²) in [6.45, 7) is 1.74. The standard InChI is InChI=1S/C21H17NO3/c1-21(25)11-9-13(10-12-21)22-17-8-4-7-16-18(17)20(24)15-6-3-2-5-14(15)19(16)23/h2-11,22,25H,12H2,1H3. The van der Waals surface area contributed by atoms with Gasteiger partial charge in [-0.1, -0.05) is 48.6 Å². The zero-order chi connectivity index (χ0) is 17.6. The van der Waals surface area contributed by atoms with Crippen LogP contribution in [-0.2, 0) is 0 Å². The van der Waals surface area contributed by atoms with Crippen molar-refractivity contribution >= 4 is 17.3 Å². The normalized spacial score (nSPS) is 21.4. The second kappa shape index (κ2) is 5.53. The van der Waals surface area contributed by atoms with Crippen LogP contribution >= 0.6 is 0 Å². The van der Waals surface area contributed by atoms with E-state index in [1.165, 1.54) is 0 Å². The molecule has 4 nitrogen and oxygen atoms in total. The number of aliphatic hydroxyl groups is 1. The summed E-state index contributed by atoms with van der Waals surface area (Å²) in [5.41, 5.74) is 2.24. The summed E-state index contributed by atoms with van der Waals surface area (Å²) in [4.78, 5) is 25.7. The first kappa shape index (κ1) is 15.5. The van der Waals surface area contributed by atoms with Gasteiger partial charge in [0.1, 0.15) is 0 Å². The molecular weight excluding hydrogens is 314 g/mol. The van der Waals surface area contributed by atoms with E-state index in [-0.39, 0.29) is 11.6 Å². The third-order valence-corrected chi connectivity index (χ3v) is 4.59. The van der Waals surface area contributed by atoms with Crippen LogP contribution in [0.5, 0.6) is 0 Å². The lowest BCUT2D eigenvalue weighted by Crippen LogP contribution is -2.24. The molecule has 2 aliphatic rings. The minimum Gasteiger partial charge on any atom is -0.386 e. The highest BCUT2D eigenvalue weighted by Gasteiger charge is 2.31. The monoisotopic (exact) mass is 331 g/mol. The van der Waals surface area contributed by atoms with Gasteiger partial charge < -0.3 is 10.4 Å². The lowest BCUT2D eigenvalue weighted by Gasteiger charge is -2.24. The zero-order valence-electron chi connectivity index (χ0n) is 13.7. The van der Waals surface area contributed by atoms with Crippen LogP contribution in [0.4, 0.5) is 5.69 Å². The summed E-state index contributed by atoms with van der Waals surface area (Å²) in [5.74, 6) is -0.286. The van der Waals surface area contributed by atoms with Crippen LogP contribution in [0.2, 0.25) is 0 Å². The Morgan fingerprint density at radius 2 is 1.64 bits per heavy atom. The van der Waals surface area contributed by atoms with Crippen LogP contribution in [0.15, 0.2) is 66.4 Å². The second-order valence-electron chi connectivity index (χ2n) is 6.61. The number of benzene rings is 2. The van der Waals surface area contributed by atoms with E-state index in [0.29, 0.717) is 34.4 Å². The lowest BCUT2D eigenvalue weighted by molar-refractivity contribution is 0.0979. The number of nitrogens with one attached hydrogen (secondary N) is 1. The molecule has 0 aromatic heterocycles. The number of anilines is 1. The largest absolute Gasteiger partial charge is 0.386 e. The van der Waals surface area contributed by atoms with E-state index in [9.17, 15) is 14.7 Å². The van der Waals surface area contributed by atoms with Crippen molar-refractivity contribution in [3.05, 3.63) is 88.6 Å². The smallest absolute Gasteiger partial charge is 0.196 e. The van der Waals surface area contributed by atoms with Crippen molar-refractivity contribution in [1.29, 1.82) is 0 Å². The first-order valence-corrected chi connectivity index (χ1v) is 8.16. The van der Waals surface area contributed by atoms with Crippen LogP contribution in [-0.4, -0.2) is 22.3 Å². The molecule has 124 valence electrons. The zero-order valence-corrected chi connectivity index (χ0v) is 13.7. The van der Waals surface area contributed by atoms with Crippen LogP contribution < -0.4 is 5.32 Å². The third kappa shape index (κ3) is 2.61. The quantitative estimate of drug-likeness (QED) is 0.754. The molecule has 0 fully saturated rings. The molecule has 2 aromatic rings. The average Bonchev–Trinajstić information content (AvgIpc) is 2.61. The maximum atomic E-state index is 12.9. The summed E-state index contributed by atoms with van der Waals surface area (Å²) in [6.07, 6.45) is 5.86. The number of hydrogen-bond donors (Lipinski definition) is 2. The molecule has 2 aliphatic carbocycles. The molecule has 0 heterocycles. The van der Waals surface area contributed by atoms with Crippen LogP contribution in [0.25, 0.3) is 0 Å². The van der Waals surface area contributed by atoms with Crippen molar-refractivity contribution in [3.8, 4) is 0 Å². The minimum atomic E-state index is -0.855. The first-order valence-electron chi connectivity index (χ1n) is 8.16. The number of hydrogen-bond acceptors (Lipinski definition) is 4. The Labute approximate surface area is 145 Å². The Bertz CT molecular complexity index is 967. The summed E-state index contributed by atoms with van der Waals surface area (Å²) in [7, 11) is 0. The Morgan fingerprint density at radius 1 is 0.960 bits per heavy atom. The average molecular weight is 331 g/mol. The molecule has 0 amide bonds. The van der Waals surface area contributed by atoms with Gasteiger partial charge in [-0.25, -0.2) is 0 Å². The minimum absolute atomic E-state index is 0.134. The fourth-order valence-electron chi connectivity index (χ4n) is 3.22. The van der Waals surface area contributed by atoms with Crippen molar-refractivity contribution in [1.82, 2.24) is 0 Å². The number of ketones is 2. The van der Waals surface area contributed by atoms with Gasteiger partial charge in [0, 0.05) is 22.4 Å². The molecule has 0 radical (unpaired) electrons. The van der Waals surface area contributed by atoms with Crippen LogP contribution in [0, 0.1) is 0 Å². The van der Waals surface area contributed by atoms with E-state index in [4.69, 9.17) is 0 Å². The molecule has 4 heteroatoms. The highest BCUT2D eigenvalue weighted by Crippen LogP contribution is 2.33. The predicted molar refractivity (Wildman–Crippen MR) is 95.8 cm³/mol. The maximum absolute atomic E-state index is 12.9. The third-order valence-electron chi connectivity index (χ3n) is 4.59. The van der Waals surface area contributed by atoms with Crippen molar-refractivity contribution in [2.75, 3.05) is 5.32 Å². The van der Waals surface area contributed by atoms with Crippen molar-refractivity contribution in [2.45, 2.75) is 18.9 Å². The highest BCUT2D eigenvalue weighted by molar-refractivity contribution is 6.30. The van der Waals surface area contributed by atoms with Gasteiger partial charge in [0.2, 0.25) is 0 Å². The first-order chi connectivity index (χ1) is 12.0. The molecule has 1 unspecified atom stereocenters. The number of carbonyl (C=O) groups excluding carboxylic acids is 2. The van der Waals surface area contributed by atoms with Gasteiger partial charge in [0.05, 0.1) is 16.9 Å². The van der Waals surface area contributed by atoms with Gasteiger partial charge in [0.15, 0.2) is 11.6 Å². The predicted octanol–water partition coefficient (Wildman–Crippen LogP) is 3.47. The van der Waals surface area contributed by atoms with Gasteiger partial charge in [0.25, 0.3) is 0 Å². The fraction of sp³-hybridized carbons (Fsp3) is 0.143. The Morgan fingerprint density at radius 3 is 2.32 bits per heavy atom. The van der Waals surface area contributed by atoms with Crippen LogP contribution in [0.1, 0.15) is 45.2 Å². The topological polar surface area (TPSA) is 66.4 Å². The molecular formula is C21H17NO3. The van der Waals surface area contributed by atoms with E-state index in [1.807, 2.05) is 6.08 Å². The molecule has 0 aliphatic heterocycles. The Hall–Kier alpha value is -2.98. The molecule has 4 rings (SSSR count).